The first-order chi connectivity index (χ1) is 18.0. The molecule has 0 spiro atoms. The highest BCUT2D eigenvalue weighted by Gasteiger charge is 2.31. The van der Waals surface area contributed by atoms with Crippen molar-refractivity contribution < 1.29 is 9.47 Å². The quantitative estimate of drug-likeness (QED) is 0.225. The van der Waals surface area contributed by atoms with Crippen molar-refractivity contribution in [1.82, 2.24) is 18.3 Å². The molecule has 0 aliphatic carbocycles. The van der Waals surface area contributed by atoms with E-state index in [2.05, 4.69) is 31.9 Å². The number of fused-ring (bicyclic) bond motifs is 6. The van der Waals surface area contributed by atoms with E-state index in [4.69, 9.17) is 42.7 Å². The first-order valence-corrected chi connectivity index (χ1v) is 13.4. The maximum absolute atomic E-state index is 12.6. The first-order valence-electron chi connectivity index (χ1n) is 11.1. The van der Waals surface area contributed by atoms with Crippen LogP contribution in [0.5, 0.6) is 23.0 Å². The highest BCUT2D eigenvalue weighted by atomic mass is 79.9. The summed E-state index contributed by atoms with van der Waals surface area (Å²) in [6, 6.07) is 3.51. The standard InChI is InChI=1S/C24H14Br2Cl2N6O4/c1-31-9-5-7-19(11(25)17(9)33(3)23(31)35)37-21-14(28)16-22(13(27)15(21)29-7)38-20-8(30-16)6-10-18(12(20)26)34(4)24(36)32(10)2/h5-6H,1-4H3. The third-order valence-corrected chi connectivity index (χ3v) is 9.14. The molecule has 14 heteroatoms. The van der Waals surface area contributed by atoms with Gasteiger partial charge in [-0.15, -0.1) is 0 Å². The van der Waals surface area contributed by atoms with Gasteiger partial charge in [0.1, 0.15) is 32.1 Å². The van der Waals surface area contributed by atoms with E-state index in [1.165, 1.54) is 18.3 Å². The molecule has 0 N–H and O–H groups in total. The Labute approximate surface area is 239 Å². The summed E-state index contributed by atoms with van der Waals surface area (Å²) in [6.45, 7) is 0. The molecule has 4 heterocycles. The molecule has 192 valence electrons. The van der Waals surface area contributed by atoms with E-state index in [0.29, 0.717) is 53.9 Å². The number of aromatic nitrogens is 4. The second kappa shape index (κ2) is 7.75. The Balaban J connectivity index is 1.53. The van der Waals surface area contributed by atoms with Gasteiger partial charge in [0.2, 0.25) is 0 Å². The second-order valence-electron chi connectivity index (χ2n) is 9.03. The summed E-state index contributed by atoms with van der Waals surface area (Å²) in [4.78, 5) is 34.6. The van der Waals surface area contributed by atoms with Crippen LogP contribution in [-0.4, -0.2) is 18.3 Å². The third-order valence-electron chi connectivity index (χ3n) is 6.97. The van der Waals surface area contributed by atoms with Gasteiger partial charge in [0.15, 0.2) is 23.0 Å². The maximum Gasteiger partial charge on any atom is 0.328 e. The van der Waals surface area contributed by atoms with Gasteiger partial charge >= 0.3 is 11.4 Å². The van der Waals surface area contributed by atoms with Crippen LogP contribution in [-0.2, 0) is 28.2 Å². The lowest BCUT2D eigenvalue weighted by molar-refractivity contribution is 0.449. The number of nitrogens with zero attached hydrogens (tertiary/aromatic N) is 6. The van der Waals surface area contributed by atoms with Gasteiger partial charge in [0.25, 0.3) is 0 Å². The number of hydrogen-bond acceptors (Lipinski definition) is 6. The molecule has 2 aliphatic heterocycles. The fraction of sp³-hybridized carbons (Fsp3) is 0.167. The summed E-state index contributed by atoms with van der Waals surface area (Å²) in [5.41, 5.74) is 3.19. The highest BCUT2D eigenvalue weighted by Crippen LogP contribution is 2.49. The summed E-state index contributed by atoms with van der Waals surface area (Å²) in [5.74, 6) is 1.22. The molecule has 0 unspecified atom stereocenters. The molecule has 7 rings (SSSR count). The average molecular weight is 681 g/mol. The van der Waals surface area contributed by atoms with Crippen molar-refractivity contribution >= 4 is 88.5 Å². The molecule has 0 saturated heterocycles. The Morgan fingerprint density at radius 2 is 1.03 bits per heavy atom. The fourth-order valence-electron chi connectivity index (χ4n) is 5.00. The molecule has 0 radical (unpaired) electrons. The van der Waals surface area contributed by atoms with Crippen molar-refractivity contribution in [3.63, 3.8) is 0 Å². The van der Waals surface area contributed by atoms with Gasteiger partial charge in [0, 0.05) is 28.2 Å². The van der Waals surface area contributed by atoms with Crippen molar-refractivity contribution in [2.24, 2.45) is 38.2 Å². The van der Waals surface area contributed by atoms with E-state index in [1.54, 1.807) is 40.3 Å². The normalized spacial score (nSPS) is 13.3. The van der Waals surface area contributed by atoms with Crippen LogP contribution < -0.4 is 31.6 Å². The number of ether oxygens (including phenoxy) is 2. The van der Waals surface area contributed by atoms with Crippen LogP contribution in [0, 0.1) is 0 Å². The highest BCUT2D eigenvalue weighted by molar-refractivity contribution is 9.11. The van der Waals surface area contributed by atoms with Gasteiger partial charge in [0.05, 0.1) is 31.0 Å². The zero-order chi connectivity index (χ0) is 26.9. The number of halogens is 4. The SMILES string of the molecule is Cn1c(=O)n(C)c2c(Br)c3c(cc21)N=c1c(Cl)c2c(c(Cl)c1O3)=Nc1cc3c(c(Br)c1O2)n(C)c(=O)n3C. The van der Waals surface area contributed by atoms with Gasteiger partial charge in [-0.3, -0.25) is 18.3 Å². The molecule has 0 bridgehead atoms. The molecule has 3 aromatic carbocycles. The monoisotopic (exact) mass is 678 g/mol. The van der Waals surface area contributed by atoms with E-state index in [1.807, 2.05) is 0 Å². The minimum Gasteiger partial charge on any atom is -0.450 e. The molecule has 5 aromatic rings. The number of imidazole rings is 2. The lowest BCUT2D eigenvalue weighted by atomic mass is 10.2. The molecule has 0 amide bonds. The molecule has 0 saturated carbocycles. The predicted molar refractivity (Wildman–Crippen MR) is 150 cm³/mol. The molecule has 2 aliphatic rings. The summed E-state index contributed by atoms with van der Waals surface area (Å²) in [6.07, 6.45) is 0. The van der Waals surface area contributed by atoms with Crippen LogP contribution in [0.4, 0.5) is 11.4 Å². The molecular formula is C24H14Br2Cl2N6O4. The minimum atomic E-state index is -0.187. The molecule has 0 fully saturated rings. The van der Waals surface area contributed by atoms with Gasteiger partial charge in [-0.25, -0.2) is 19.6 Å². The van der Waals surface area contributed by atoms with Crippen LogP contribution in [0.2, 0.25) is 10.0 Å². The number of aryl methyl sites for hydroxylation is 4. The van der Waals surface area contributed by atoms with E-state index in [9.17, 15) is 9.59 Å². The van der Waals surface area contributed by atoms with Crippen molar-refractivity contribution in [3.05, 3.63) is 62.8 Å². The third kappa shape index (κ3) is 2.83. The Morgan fingerprint density at radius 3 is 1.39 bits per heavy atom. The Bertz CT molecular complexity index is 2070. The lowest BCUT2D eigenvalue weighted by Crippen LogP contribution is -2.22. The van der Waals surface area contributed by atoms with Crippen LogP contribution in [0.25, 0.3) is 22.1 Å². The van der Waals surface area contributed by atoms with E-state index >= 15 is 0 Å². The van der Waals surface area contributed by atoms with Crippen LogP contribution >= 0.6 is 55.1 Å². The zero-order valence-electron chi connectivity index (χ0n) is 20.0. The number of hydrogen-bond donors (Lipinski definition) is 0. The van der Waals surface area contributed by atoms with E-state index in [0.717, 1.165) is 0 Å². The number of rotatable bonds is 0. The molecular weight excluding hydrogens is 667 g/mol. The zero-order valence-corrected chi connectivity index (χ0v) is 24.7. The summed E-state index contributed by atoms with van der Waals surface area (Å²) in [7, 11) is 6.74. The van der Waals surface area contributed by atoms with Gasteiger partial charge in [-0.2, -0.15) is 0 Å². The van der Waals surface area contributed by atoms with E-state index in [-0.39, 0.29) is 43.6 Å². The maximum atomic E-state index is 12.6. The van der Waals surface area contributed by atoms with Crippen molar-refractivity contribution in [2.45, 2.75) is 0 Å². The van der Waals surface area contributed by atoms with Crippen molar-refractivity contribution in [3.8, 4) is 23.0 Å². The Morgan fingerprint density at radius 1 is 0.658 bits per heavy atom. The smallest absolute Gasteiger partial charge is 0.328 e. The van der Waals surface area contributed by atoms with Gasteiger partial charge in [-0.1, -0.05) is 23.2 Å². The van der Waals surface area contributed by atoms with Crippen molar-refractivity contribution in [1.29, 1.82) is 0 Å². The molecule has 0 atom stereocenters. The summed E-state index contributed by atoms with van der Waals surface area (Å²) < 4.78 is 19.7. The first kappa shape index (κ1) is 24.0. The minimum absolute atomic E-state index is 0.159. The summed E-state index contributed by atoms with van der Waals surface area (Å²) in [5, 5.41) is 0.870. The van der Waals surface area contributed by atoms with Crippen molar-refractivity contribution in [2.75, 3.05) is 0 Å². The Hall–Kier alpha value is -3.06. The second-order valence-corrected chi connectivity index (χ2v) is 11.4. The predicted octanol–water partition coefficient (Wildman–Crippen LogP) is 5.01. The largest absolute Gasteiger partial charge is 0.450 e. The number of benzene rings is 3. The fourth-order valence-corrected chi connectivity index (χ4v) is 7.02. The molecule has 2 aromatic heterocycles. The average Bonchev–Trinajstić information content (AvgIpc) is 3.25. The lowest BCUT2D eigenvalue weighted by Gasteiger charge is -2.22. The topological polar surface area (TPSA) is 97.0 Å². The van der Waals surface area contributed by atoms with Crippen LogP contribution in [0.1, 0.15) is 0 Å². The van der Waals surface area contributed by atoms with Gasteiger partial charge < -0.3 is 9.47 Å². The molecule has 10 nitrogen and oxygen atoms in total. The van der Waals surface area contributed by atoms with Crippen LogP contribution in [0.3, 0.4) is 0 Å². The van der Waals surface area contributed by atoms with Crippen LogP contribution in [0.15, 0.2) is 40.7 Å². The molecule has 38 heavy (non-hydrogen) atoms. The van der Waals surface area contributed by atoms with E-state index < -0.39 is 0 Å². The Kier molecular flexibility index (Phi) is 4.90. The summed E-state index contributed by atoms with van der Waals surface area (Å²) >= 11 is 20.8. The van der Waals surface area contributed by atoms with Gasteiger partial charge in [-0.05, 0) is 44.0 Å².